The Kier molecular flexibility index (Phi) is 7.01. The van der Waals surface area contributed by atoms with Crippen molar-refractivity contribution in [2.45, 2.75) is 51.6 Å². The molecule has 2 unspecified atom stereocenters. The predicted molar refractivity (Wildman–Crippen MR) is 68.8 cm³/mol. The Morgan fingerprint density at radius 3 is 2.94 bits per heavy atom. The average Bonchev–Trinajstić information content (AvgIpc) is 2.26. The summed E-state index contributed by atoms with van der Waals surface area (Å²) < 4.78 is 5.16. The van der Waals surface area contributed by atoms with E-state index < -0.39 is 0 Å². The number of hydrogen-bond acceptors (Lipinski definition) is 3. The van der Waals surface area contributed by atoms with Crippen LogP contribution in [0.2, 0.25) is 0 Å². The Hall–Kier alpha value is -0.120. The number of methoxy groups -OCH3 is 1. The van der Waals surface area contributed by atoms with E-state index in [2.05, 4.69) is 24.1 Å². The molecule has 1 fully saturated rings. The van der Waals surface area contributed by atoms with Crippen molar-refractivity contribution in [3.63, 3.8) is 0 Å². The quantitative estimate of drug-likeness (QED) is 0.777. The van der Waals surface area contributed by atoms with Gasteiger partial charge in [-0.2, -0.15) is 0 Å². The minimum Gasteiger partial charge on any atom is -0.385 e. The lowest BCUT2D eigenvalue weighted by atomic mass is 10.1. The molecule has 1 aliphatic rings. The summed E-state index contributed by atoms with van der Waals surface area (Å²) in [6.07, 6.45) is 4.96. The summed E-state index contributed by atoms with van der Waals surface area (Å²) in [5, 5.41) is 3.62. The maximum absolute atomic E-state index is 5.16. The summed E-state index contributed by atoms with van der Waals surface area (Å²) in [5.74, 6) is 0. The average molecular weight is 228 g/mol. The highest BCUT2D eigenvalue weighted by atomic mass is 16.5. The molecule has 2 atom stereocenters. The second kappa shape index (κ2) is 8.04. The van der Waals surface area contributed by atoms with E-state index >= 15 is 0 Å². The highest BCUT2D eigenvalue weighted by Gasteiger charge is 2.17. The molecule has 0 radical (unpaired) electrons. The molecule has 0 aromatic heterocycles. The molecule has 0 bridgehead atoms. The molecule has 3 nitrogen and oxygen atoms in total. The van der Waals surface area contributed by atoms with Gasteiger partial charge >= 0.3 is 0 Å². The van der Waals surface area contributed by atoms with Crippen LogP contribution in [0.25, 0.3) is 0 Å². The molecule has 1 rings (SSSR count). The first-order valence-electron chi connectivity index (χ1n) is 6.74. The monoisotopic (exact) mass is 228 g/mol. The standard InChI is InChI=1S/C13H28N2O/c1-4-13-6-10-15(9-5-8-14-13)12(2)7-11-16-3/h12-14H,4-11H2,1-3H3. The predicted octanol–water partition coefficient (Wildman–Crippen LogP) is 1.88. The van der Waals surface area contributed by atoms with Gasteiger partial charge in [0.2, 0.25) is 0 Å². The fourth-order valence-corrected chi connectivity index (χ4v) is 2.38. The fourth-order valence-electron chi connectivity index (χ4n) is 2.38. The second-order valence-electron chi connectivity index (χ2n) is 4.87. The Balaban J connectivity index is 2.33. The fraction of sp³-hybridized carbons (Fsp3) is 1.00. The number of hydrogen-bond donors (Lipinski definition) is 1. The molecule has 1 N–H and O–H groups in total. The molecule has 96 valence electrons. The Morgan fingerprint density at radius 2 is 2.25 bits per heavy atom. The number of nitrogens with zero attached hydrogens (tertiary/aromatic N) is 1. The Bertz CT molecular complexity index is 175. The van der Waals surface area contributed by atoms with Crippen LogP contribution in [0.1, 0.15) is 39.5 Å². The lowest BCUT2D eigenvalue weighted by Crippen LogP contribution is -2.43. The third kappa shape index (κ3) is 4.81. The smallest absolute Gasteiger partial charge is 0.0477 e. The maximum atomic E-state index is 5.16. The van der Waals surface area contributed by atoms with Crippen molar-refractivity contribution in [3.8, 4) is 0 Å². The molecule has 1 saturated heterocycles. The molecular weight excluding hydrogens is 200 g/mol. The number of ether oxygens (including phenoxy) is 1. The summed E-state index contributed by atoms with van der Waals surface area (Å²) in [6.45, 7) is 9.12. The van der Waals surface area contributed by atoms with Gasteiger partial charge in [-0.3, -0.25) is 0 Å². The molecule has 0 saturated carbocycles. The molecule has 0 amide bonds. The SMILES string of the molecule is CCC1CCN(C(C)CCOC)CCCN1. The van der Waals surface area contributed by atoms with E-state index in [1.807, 2.05) is 0 Å². The van der Waals surface area contributed by atoms with Gasteiger partial charge in [0.1, 0.15) is 0 Å². The molecule has 0 aromatic carbocycles. The van der Waals surface area contributed by atoms with Crippen LogP contribution in [0.5, 0.6) is 0 Å². The first kappa shape index (κ1) is 13.9. The maximum Gasteiger partial charge on any atom is 0.0477 e. The van der Waals surface area contributed by atoms with E-state index in [1.54, 1.807) is 7.11 Å². The minimum absolute atomic E-state index is 0.663. The van der Waals surface area contributed by atoms with Crippen LogP contribution in [0.15, 0.2) is 0 Å². The minimum atomic E-state index is 0.663. The van der Waals surface area contributed by atoms with Crippen molar-refractivity contribution < 1.29 is 4.74 Å². The lowest BCUT2D eigenvalue weighted by molar-refractivity contribution is 0.128. The van der Waals surface area contributed by atoms with Gasteiger partial charge in [0.15, 0.2) is 0 Å². The van der Waals surface area contributed by atoms with Gasteiger partial charge in [-0.05, 0) is 52.2 Å². The first-order chi connectivity index (χ1) is 7.77. The zero-order valence-corrected chi connectivity index (χ0v) is 11.2. The van der Waals surface area contributed by atoms with Gasteiger partial charge in [0, 0.05) is 25.8 Å². The van der Waals surface area contributed by atoms with Crippen molar-refractivity contribution in [3.05, 3.63) is 0 Å². The van der Waals surface area contributed by atoms with E-state index in [0.717, 1.165) is 19.1 Å². The zero-order chi connectivity index (χ0) is 11.8. The highest BCUT2D eigenvalue weighted by molar-refractivity contribution is 4.75. The molecule has 1 heterocycles. The van der Waals surface area contributed by atoms with Crippen molar-refractivity contribution in [2.24, 2.45) is 0 Å². The zero-order valence-electron chi connectivity index (χ0n) is 11.2. The Labute approximate surface area is 101 Å². The van der Waals surface area contributed by atoms with Crippen LogP contribution in [0.4, 0.5) is 0 Å². The van der Waals surface area contributed by atoms with Gasteiger partial charge < -0.3 is 15.0 Å². The Morgan fingerprint density at radius 1 is 1.44 bits per heavy atom. The van der Waals surface area contributed by atoms with Gasteiger partial charge in [0.25, 0.3) is 0 Å². The summed E-state index contributed by atoms with van der Waals surface area (Å²) in [6, 6.07) is 1.38. The van der Waals surface area contributed by atoms with Gasteiger partial charge in [-0.15, -0.1) is 0 Å². The van der Waals surface area contributed by atoms with Crippen LogP contribution >= 0.6 is 0 Å². The van der Waals surface area contributed by atoms with Crippen molar-refractivity contribution in [1.29, 1.82) is 0 Å². The van der Waals surface area contributed by atoms with E-state index in [9.17, 15) is 0 Å². The molecule has 16 heavy (non-hydrogen) atoms. The summed E-state index contributed by atoms with van der Waals surface area (Å²) >= 11 is 0. The van der Waals surface area contributed by atoms with E-state index in [-0.39, 0.29) is 0 Å². The van der Waals surface area contributed by atoms with Crippen LogP contribution in [-0.4, -0.2) is 50.3 Å². The van der Waals surface area contributed by atoms with Crippen LogP contribution in [-0.2, 0) is 4.74 Å². The van der Waals surface area contributed by atoms with Crippen molar-refractivity contribution >= 4 is 0 Å². The van der Waals surface area contributed by atoms with Crippen LogP contribution in [0.3, 0.4) is 0 Å². The second-order valence-corrected chi connectivity index (χ2v) is 4.87. The molecule has 3 heteroatoms. The number of rotatable bonds is 5. The number of nitrogens with one attached hydrogen (secondary N) is 1. The summed E-state index contributed by atoms with van der Waals surface area (Å²) in [5.41, 5.74) is 0. The normalized spacial score (nSPS) is 26.1. The van der Waals surface area contributed by atoms with Crippen molar-refractivity contribution in [2.75, 3.05) is 33.4 Å². The van der Waals surface area contributed by atoms with E-state index in [0.29, 0.717) is 6.04 Å². The molecule has 1 aliphatic heterocycles. The van der Waals surface area contributed by atoms with Crippen molar-refractivity contribution in [1.82, 2.24) is 10.2 Å². The molecule has 0 aromatic rings. The topological polar surface area (TPSA) is 24.5 Å². The van der Waals surface area contributed by atoms with E-state index in [1.165, 1.54) is 38.9 Å². The summed E-state index contributed by atoms with van der Waals surface area (Å²) in [4.78, 5) is 2.63. The van der Waals surface area contributed by atoms with Gasteiger partial charge in [-0.25, -0.2) is 0 Å². The lowest BCUT2D eigenvalue weighted by Gasteiger charge is -2.33. The van der Waals surface area contributed by atoms with Crippen LogP contribution in [0, 0.1) is 0 Å². The largest absolute Gasteiger partial charge is 0.385 e. The third-order valence-corrected chi connectivity index (χ3v) is 3.68. The molecule has 0 spiro atoms. The summed E-state index contributed by atoms with van der Waals surface area (Å²) in [7, 11) is 1.79. The molecular formula is C13H28N2O. The third-order valence-electron chi connectivity index (χ3n) is 3.68. The highest BCUT2D eigenvalue weighted by Crippen LogP contribution is 2.10. The molecule has 0 aliphatic carbocycles. The first-order valence-corrected chi connectivity index (χ1v) is 6.74. The van der Waals surface area contributed by atoms with E-state index in [4.69, 9.17) is 4.74 Å². The van der Waals surface area contributed by atoms with Gasteiger partial charge in [0.05, 0.1) is 0 Å². The van der Waals surface area contributed by atoms with Gasteiger partial charge in [-0.1, -0.05) is 6.92 Å². The van der Waals surface area contributed by atoms with Crippen LogP contribution < -0.4 is 5.32 Å².